The van der Waals surface area contributed by atoms with Crippen LogP contribution in [-0.2, 0) is 85.6 Å². The molecule has 4 aliphatic rings. The number of amides is 4. The zero-order chi connectivity index (χ0) is 78.1. The summed E-state index contributed by atoms with van der Waals surface area (Å²) in [4.78, 5) is 49.5. The highest BCUT2D eigenvalue weighted by Gasteiger charge is 2.44. The van der Waals surface area contributed by atoms with E-state index < -0.39 is 129 Å². The number of carbonyl (C=O) groups excluding carboxylic acids is 4. The fourth-order valence-electron chi connectivity index (χ4n) is 12.5. The SMILES string of the molecule is CC(C)(NC(=O)C1CCCC1)c1cc(C(F)(F)F)cc(C(F)(F)F)c1.CC(C)(NC(=O)C1CCCC[C@@H]1N)c1cc(C(F)(F)F)cc(C(F)(F)F)c1.Cc1cc(C(F)(F)F)cc(C(C)(C)NC(=O)C2CCCCN2)c1.O=C(NCc1cc(C(F)(F)F)cc(C(F)(F)F)c1)[C@@H]1C[C@@H](c2ccccc2)CN1. The van der Waals surface area contributed by atoms with Gasteiger partial charge in [0.05, 0.1) is 73.6 Å². The minimum absolute atomic E-state index is 0.0638. The average molecular weight is 1510 g/mol. The van der Waals surface area contributed by atoms with Gasteiger partial charge in [0.1, 0.15) is 0 Å². The van der Waals surface area contributed by atoms with Crippen molar-refractivity contribution < 1.29 is 111 Å². The molecule has 104 heavy (non-hydrogen) atoms. The maximum absolute atomic E-state index is 13.1. The fourth-order valence-corrected chi connectivity index (χ4v) is 12.5. The number of halogens is 21. The summed E-state index contributed by atoms with van der Waals surface area (Å²) < 4.78 is 273. The molecule has 0 radical (unpaired) electrons. The highest BCUT2D eigenvalue weighted by Crippen LogP contribution is 2.43. The summed E-state index contributed by atoms with van der Waals surface area (Å²) in [7, 11) is 0. The fraction of sp³-hybridized carbons (Fsp3) is 0.528. The standard InChI is InChI=1S/C20H18F6N2O.C18H22F6N2O.C17H19F6NO.C17H23F3N2O/c21-19(22,23)15-6-12(7-16(9-15)20(24,25)26)10-28-18(29)17-8-14(11-27-17)13-4-2-1-3-5-13;1-16(2,26-15(27)13-5-3-4-6-14(13)25)10-7-11(17(19,20)21)9-12(8-10)18(22,23)24;1-15(2,24-14(25)10-5-3-4-6-10)11-7-12(16(18,19)20)9-13(8-11)17(21,22)23;1-11-8-12(10-13(9-11)17(18,19)20)16(2,3)22-15(23)14-6-4-5-7-21-14/h1-7,9,14,17,27H,8,10-11H2,(H,28,29);7-9,13-14H,3-6,25H2,1-2H3,(H,26,27);7-10H,3-6H2,1-2H3,(H,24,25);8-10,14,21H,4-7H2,1-3H3,(H,22,23)/t14-,17+;13?,14-;;/m10../s1. The molecule has 2 aliphatic heterocycles. The number of nitrogens with one attached hydrogen (secondary N) is 6. The lowest BCUT2D eigenvalue weighted by molar-refractivity contribution is -0.144. The molecule has 5 atom stereocenters. The Bertz CT molecular complexity index is 3640. The van der Waals surface area contributed by atoms with E-state index >= 15 is 0 Å². The van der Waals surface area contributed by atoms with Crippen molar-refractivity contribution in [3.05, 3.63) is 175 Å². The monoisotopic (exact) mass is 1510 g/mol. The van der Waals surface area contributed by atoms with Gasteiger partial charge < -0.3 is 37.6 Å². The van der Waals surface area contributed by atoms with Crippen molar-refractivity contribution >= 4 is 23.6 Å². The van der Waals surface area contributed by atoms with Crippen LogP contribution in [-0.4, -0.2) is 54.8 Å². The largest absolute Gasteiger partial charge is 0.416 e. The van der Waals surface area contributed by atoms with Crippen molar-refractivity contribution in [2.75, 3.05) is 13.1 Å². The van der Waals surface area contributed by atoms with Gasteiger partial charge in [0.25, 0.3) is 0 Å². The molecule has 2 heterocycles. The van der Waals surface area contributed by atoms with E-state index in [0.717, 1.165) is 69.2 Å². The molecule has 0 bridgehead atoms. The van der Waals surface area contributed by atoms with Gasteiger partial charge in [-0.15, -0.1) is 0 Å². The van der Waals surface area contributed by atoms with Gasteiger partial charge in [-0.05, 0) is 200 Å². The number of alkyl halides is 21. The van der Waals surface area contributed by atoms with Gasteiger partial charge in [-0.25, -0.2) is 0 Å². The Morgan fingerprint density at radius 3 is 1.17 bits per heavy atom. The summed E-state index contributed by atoms with van der Waals surface area (Å²) in [6.45, 7) is 11.5. The maximum atomic E-state index is 13.1. The minimum atomic E-state index is -4.94. The van der Waals surface area contributed by atoms with Crippen LogP contribution < -0.4 is 37.6 Å². The summed E-state index contributed by atoms with van der Waals surface area (Å²) in [5.74, 6) is -2.07. The Morgan fingerprint density at radius 2 is 0.760 bits per heavy atom. The van der Waals surface area contributed by atoms with Crippen LogP contribution in [0.3, 0.4) is 0 Å². The second-order valence-corrected chi connectivity index (χ2v) is 28.0. The number of hydrogen-bond acceptors (Lipinski definition) is 7. The number of benzene rings is 5. The molecule has 576 valence electrons. The highest BCUT2D eigenvalue weighted by molar-refractivity contribution is 5.83. The molecule has 2 saturated carbocycles. The van der Waals surface area contributed by atoms with Crippen LogP contribution in [0.2, 0.25) is 0 Å². The first-order valence-corrected chi connectivity index (χ1v) is 33.2. The van der Waals surface area contributed by atoms with Crippen LogP contribution in [0.15, 0.2) is 103 Å². The molecule has 2 unspecified atom stereocenters. The molecular weight excluding hydrogens is 1430 g/mol. The molecule has 5 aromatic carbocycles. The summed E-state index contributed by atoms with van der Waals surface area (Å²) in [5.41, 5.74) is -5.57. The van der Waals surface area contributed by atoms with E-state index in [0.29, 0.717) is 86.2 Å². The van der Waals surface area contributed by atoms with Gasteiger partial charge in [0.15, 0.2) is 0 Å². The lowest BCUT2D eigenvalue weighted by Crippen LogP contribution is -2.52. The van der Waals surface area contributed by atoms with Crippen LogP contribution in [0.4, 0.5) is 92.2 Å². The van der Waals surface area contributed by atoms with Crippen LogP contribution in [0.25, 0.3) is 0 Å². The van der Waals surface area contributed by atoms with E-state index in [1.54, 1.807) is 26.8 Å². The van der Waals surface area contributed by atoms with E-state index in [-0.39, 0.29) is 70.6 Å². The predicted octanol–water partition coefficient (Wildman–Crippen LogP) is 17.9. The first-order chi connectivity index (χ1) is 47.6. The van der Waals surface area contributed by atoms with Gasteiger partial charge in [-0.1, -0.05) is 74.1 Å². The molecular formula is C72H82F21N7O4. The predicted molar refractivity (Wildman–Crippen MR) is 344 cm³/mol. The van der Waals surface area contributed by atoms with E-state index in [1.807, 2.05) is 30.3 Å². The van der Waals surface area contributed by atoms with Gasteiger partial charge in [0.2, 0.25) is 23.6 Å². The number of hydrogen-bond donors (Lipinski definition) is 7. The first-order valence-electron chi connectivity index (χ1n) is 33.2. The first kappa shape index (κ1) is 85.3. The Kier molecular flexibility index (Phi) is 27.4. The van der Waals surface area contributed by atoms with E-state index in [4.69, 9.17) is 5.73 Å². The molecule has 2 saturated heterocycles. The van der Waals surface area contributed by atoms with Crippen molar-refractivity contribution in [3.8, 4) is 0 Å². The second kappa shape index (κ2) is 33.5. The Labute approximate surface area is 587 Å². The van der Waals surface area contributed by atoms with Crippen LogP contribution >= 0.6 is 0 Å². The van der Waals surface area contributed by atoms with Gasteiger partial charge >= 0.3 is 43.2 Å². The van der Waals surface area contributed by atoms with Crippen molar-refractivity contribution in [2.24, 2.45) is 17.6 Å². The molecule has 9 rings (SSSR count). The van der Waals surface area contributed by atoms with Crippen molar-refractivity contribution in [2.45, 2.75) is 216 Å². The van der Waals surface area contributed by atoms with Crippen LogP contribution in [0.5, 0.6) is 0 Å². The smallest absolute Gasteiger partial charge is 0.351 e. The lowest BCUT2D eigenvalue weighted by Gasteiger charge is -2.33. The van der Waals surface area contributed by atoms with E-state index in [1.165, 1.54) is 27.7 Å². The molecule has 0 spiro atoms. The average Bonchev–Trinajstić information content (AvgIpc) is 0.929. The molecule has 5 aromatic rings. The zero-order valence-corrected chi connectivity index (χ0v) is 57.5. The third-order valence-electron chi connectivity index (χ3n) is 18.4. The molecule has 2 aliphatic carbocycles. The molecule has 11 nitrogen and oxygen atoms in total. The third kappa shape index (κ3) is 24.5. The Balaban J connectivity index is 0.000000218. The van der Waals surface area contributed by atoms with E-state index in [2.05, 4.69) is 31.9 Å². The lowest BCUT2D eigenvalue weighted by atomic mass is 9.83. The van der Waals surface area contributed by atoms with Gasteiger partial charge in [0, 0.05) is 25.0 Å². The number of carbonyl (C=O) groups is 4. The quantitative estimate of drug-likeness (QED) is 0.0576. The molecule has 0 aromatic heterocycles. The molecule has 4 amide bonds. The molecule has 32 heteroatoms. The minimum Gasteiger partial charge on any atom is -0.351 e. The molecule has 8 N–H and O–H groups in total. The van der Waals surface area contributed by atoms with Crippen LogP contribution in [0.1, 0.15) is 197 Å². The van der Waals surface area contributed by atoms with Gasteiger partial charge in [-0.2, -0.15) is 92.2 Å². The summed E-state index contributed by atoms with van der Waals surface area (Å²) in [6, 6.07) is 16.3. The second-order valence-electron chi connectivity index (χ2n) is 28.0. The number of aryl methyl sites for hydroxylation is 1. The van der Waals surface area contributed by atoms with Crippen molar-refractivity contribution in [1.82, 2.24) is 31.9 Å². The number of piperidine rings is 1. The van der Waals surface area contributed by atoms with E-state index in [9.17, 15) is 111 Å². The number of rotatable bonds is 13. The van der Waals surface area contributed by atoms with Gasteiger partial charge in [-0.3, -0.25) is 19.2 Å². The van der Waals surface area contributed by atoms with Crippen LogP contribution in [0, 0.1) is 18.8 Å². The Hall–Kier alpha value is -7.61. The molecule has 4 fully saturated rings. The third-order valence-corrected chi connectivity index (χ3v) is 18.4. The maximum Gasteiger partial charge on any atom is 0.416 e. The Morgan fingerprint density at radius 1 is 0.404 bits per heavy atom. The van der Waals surface area contributed by atoms with Crippen molar-refractivity contribution in [1.29, 1.82) is 0 Å². The summed E-state index contributed by atoms with van der Waals surface area (Å²) in [6.07, 6.45) is -24.7. The topological polar surface area (TPSA) is 166 Å². The summed E-state index contributed by atoms with van der Waals surface area (Å²) in [5, 5.41) is 16.7. The summed E-state index contributed by atoms with van der Waals surface area (Å²) >= 11 is 0. The van der Waals surface area contributed by atoms with Crippen molar-refractivity contribution in [3.63, 3.8) is 0 Å². The zero-order valence-electron chi connectivity index (χ0n) is 57.5. The highest BCUT2D eigenvalue weighted by atomic mass is 19.4. The normalized spacial score (nSPS) is 19.6. The number of nitrogens with two attached hydrogens (primary N) is 1.